The van der Waals surface area contributed by atoms with Crippen molar-refractivity contribution in [2.45, 2.75) is 71.8 Å². The Morgan fingerprint density at radius 1 is 1.16 bits per heavy atom. The number of amides is 1. The first kappa shape index (κ1) is 16.0. The highest BCUT2D eigenvalue weighted by molar-refractivity contribution is 5.85. The lowest BCUT2D eigenvalue weighted by Gasteiger charge is -2.24. The molecule has 1 unspecified atom stereocenters. The fraction of sp³-hybridized carbons (Fsp3) is 0.867. The van der Waals surface area contributed by atoms with E-state index in [1.54, 1.807) is 0 Å². The molecule has 1 atom stereocenters. The van der Waals surface area contributed by atoms with Crippen molar-refractivity contribution in [1.29, 1.82) is 0 Å². The van der Waals surface area contributed by atoms with E-state index in [9.17, 15) is 14.7 Å². The average Bonchev–Trinajstić information content (AvgIpc) is 2.76. The molecule has 1 amide bonds. The van der Waals surface area contributed by atoms with Crippen LogP contribution >= 0.6 is 0 Å². The summed E-state index contributed by atoms with van der Waals surface area (Å²) >= 11 is 0. The maximum absolute atomic E-state index is 12.0. The van der Waals surface area contributed by atoms with Gasteiger partial charge in [0.15, 0.2) is 0 Å². The molecule has 0 bridgehead atoms. The van der Waals surface area contributed by atoms with Gasteiger partial charge in [-0.3, -0.25) is 9.59 Å². The first-order valence-corrected chi connectivity index (χ1v) is 7.38. The van der Waals surface area contributed by atoms with Gasteiger partial charge in [0.05, 0.1) is 5.41 Å². The molecule has 1 fully saturated rings. The van der Waals surface area contributed by atoms with Gasteiger partial charge in [-0.05, 0) is 38.5 Å². The van der Waals surface area contributed by atoms with Crippen molar-refractivity contribution in [2.24, 2.45) is 11.3 Å². The van der Waals surface area contributed by atoms with E-state index in [1.807, 2.05) is 6.92 Å². The molecule has 0 aromatic carbocycles. The van der Waals surface area contributed by atoms with Gasteiger partial charge in [0.2, 0.25) is 5.91 Å². The molecular formula is C15H27NO3. The number of carboxylic acid groups (broad SMARTS) is 1. The van der Waals surface area contributed by atoms with Crippen molar-refractivity contribution in [3.8, 4) is 0 Å². The van der Waals surface area contributed by atoms with Crippen LogP contribution in [-0.2, 0) is 9.59 Å². The number of nitrogens with one attached hydrogen (secondary N) is 1. The van der Waals surface area contributed by atoms with Crippen LogP contribution < -0.4 is 5.32 Å². The van der Waals surface area contributed by atoms with E-state index in [0.29, 0.717) is 18.8 Å². The fourth-order valence-electron chi connectivity index (χ4n) is 2.81. The minimum atomic E-state index is -0.810. The summed E-state index contributed by atoms with van der Waals surface area (Å²) in [5.74, 6) is -0.296. The maximum atomic E-state index is 12.0. The third kappa shape index (κ3) is 4.84. The largest absolute Gasteiger partial charge is 0.481 e. The van der Waals surface area contributed by atoms with Gasteiger partial charge in [0, 0.05) is 12.5 Å². The first-order chi connectivity index (χ1) is 8.85. The Hall–Kier alpha value is -1.06. The summed E-state index contributed by atoms with van der Waals surface area (Å²) in [7, 11) is 0. The number of hydrogen-bond donors (Lipinski definition) is 2. The summed E-state index contributed by atoms with van der Waals surface area (Å²) in [4.78, 5) is 23.4. The molecule has 1 aliphatic rings. The molecule has 0 aromatic rings. The second kappa shape index (κ2) is 6.92. The molecule has 0 spiro atoms. The molecule has 1 aliphatic carbocycles. The molecule has 0 radical (unpaired) electrons. The van der Waals surface area contributed by atoms with E-state index in [2.05, 4.69) is 19.2 Å². The van der Waals surface area contributed by atoms with Gasteiger partial charge in [-0.2, -0.15) is 0 Å². The molecule has 4 nitrogen and oxygen atoms in total. The average molecular weight is 269 g/mol. The van der Waals surface area contributed by atoms with Crippen molar-refractivity contribution >= 4 is 11.9 Å². The van der Waals surface area contributed by atoms with Gasteiger partial charge in [0.25, 0.3) is 0 Å². The summed E-state index contributed by atoms with van der Waals surface area (Å²) < 4.78 is 0. The minimum absolute atomic E-state index is 0.111. The van der Waals surface area contributed by atoms with Crippen LogP contribution in [-0.4, -0.2) is 23.0 Å². The van der Waals surface area contributed by atoms with E-state index in [0.717, 1.165) is 25.7 Å². The highest BCUT2D eigenvalue weighted by atomic mass is 16.4. The minimum Gasteiger partial charge on any atom is -0.481 e. The third-order valence-corrected chi connectivity index (χ3v) is 4.10. The number of carboxylic acids is 1. The Morgan fingerprint density at radius 2 is 1.74 bits per heavy atom. The monoisotopic (exact) mass is 269 g/mol. The van der Waals surface area contributed by atoms with Crippen molar-refractivity contribution < 1.29 is 14.7 Å². The molecule has 0 aromatic heterocycles. The summed E-state index contributed by atoms with van der Waals surface area (Å²) in [6.07, 6.45) is 5.26. The van der Waals surface area contributed by atoms with E-state index in [-0.39, 0.29) is 18.4 Å². The predicted octanol–water partition coefficient (Wildman–Crippen LogP) is 2.96. The lowest BCUT2D eigenvalue weighted by atomic mass is 9.82. The molecule has 1 saturated carbocycles. The molecule has 4 heteroatoms. The summed E-state index contributed by atoms with van der Waals surface area (Å²) in [5, 5.41) is 12.3. The van der Waals surface area contributed by atoms with Crippen LogP contribution in [0.1, 0.15) is 65.7 Å². The lowest BCUT2D eigenvalue weighted by Crippen LogP contribution is -2.39. The number of hydrogen-bond acceptors (Lipinski definition) is 2. The topological polar surface area (TPSA) is 66.4 Å². The molecule has 19 heavy (non-hydrogen) atoms. The normalized spacial score (nSPS) is 19.4. The second-order valence-electron chi connectivity index (χ2n) is 6.41. The molecule has 0 aliphatic heterocycles. The van der Waals surface area contributed by atoms with Crippen molar-refractivity contribution in [2.75, 3.05) is 0 Å². The first-order valence-electron chi connectivity index (χ1n) is 7.38. The van der Waals surface area contributed by atoms with Crippen LogP contribution in [0.25, 0.3) is 0 Å². The summed E-state index contributed by atoms with van der Waals surface area (Å²) in [6, 6.07) is 0.127. The Labute approximate surface area is 116 Å². The number of carbonyl (C=O) groups excluding carboxylic acids is 1. The number of carbonyl (C=O) groups is 2. The lowest BCUT2D eigenvalue weighted by molar-refractivity contribution is -0.151. The van der Waals surface area contributed by atoms with Crippen LogP contribution in [0.15, 0.2) is 0 Å². The zero-order chi connectivity index (χ0) is 14.5. The Balaban J connectivity index is 2.43. The molecule has 110 valence electrons. The van der Waals surface area contributed by atoms with Gasteiger partial charge >= 0.3 is 5.97 Å². The maximum Gasteiger partial charge on any atom is 0.310 e. The molecule has 0 heterocycles. The number of aliphatic carboxylic acids is 1. The van der Waals surface area contributed by atoms with E-state index < -0.39 is 11.4 Å². The smallest absolute Gasteiger partial charge is 0.310 e. The highest BCUT2D eigenvalue weighted by Gasteiger charge is 2.43. The molecule has 0 saturated heterocycles. The van der Waals surface area contributed by atoms with Gasteiger partial charge in [-0.1, -0.05) is 26.7 Å². The van der Waals surface area contributed by atoms with Gasteiger partial charge in [0.1, 0.15) is 0 Å². The predicted molar refractivity (Wildman–Crippen MR) is 74.8 cm³/mol. The third-order valence-electron chi connectivity index (χ3n) is 4.10. The van der Waals surface area contributed by atoms with Gasteiger partial charge in [-0.25, -0.2) is 0 Å². The zero-order valence-electron chi connectivity index (χ0n) is 12.4. The zero-order valence-corrected chi connectivity index (χ0v) is 12.4. The van der Waals surface area contributed by atoms with E-state index >= 15 is 0 Å². The van der Waals surface area contributed by atoms with E-state index in [4.69, 9.17) is 0 Å². The quantitative estimate of drug-likeness (QED) is 0.746. The van der Waals surface area contributed by atoms with Crippen LogP contribution in [0.3, 0.4) is 0 Å². The van der Waals surface area contributed by atoms with Gasteiger partial charge in [-0.15, -0.1) is 0 Å². The van der Waals surface area contributed by atoms with Crippen LogP contribution in [0.5, 0.6) is 0 Å². The van der Waals surface area contributed by atoms with E-state index in [1.165, 1.54) is 0 Å². The van der Waals surface area contributed by atoms with Crippen LogP contribution in [0.2, 0.25) is 0 Å². The van der Waals surface area contributed by atoms with Crippen LogP contribution in [0.4, 0.5) is 0 Å². The summed E-state index contributed by atoms with van der Waals surface area (Å²) in [5.41, 5.74) is -0.804. The Morgan fingerprint density at radius 3 is 2.21 bits per heavy atom. The van der Waals surface area contributed by atoms with Crippen molar-refractivity contribution in [3.05, 3.63) is 0 Å². The Kier molecular flexibility index (Phi) is 5.83. The second-order valence-corrected chi connectivity index (χ2v) is 6.41. The van der Waals surface area contributed by atoms with Crippen molar-refractivity contribution in [3.63, 3.8) is 0 Å². The Bertz CT molecular complexity index is 319. The van der Waals surface area contributed by atoms with Gasteiger partial charge < -0.3 is 10.4 Å². The molecule has 1 rings (SSSR count). The highest BCUT2D eigenvalue weighted by Crippen LogP contribution is 2.41. The molecule has 2 N–H and O–H groups in total. The molecular weight excluding hydrogens is 242 g/mol. The standard InChI is InChI=1S/C15H27NO3/c1-11(2)6-7-12(3)16-13(17)10-15(14(18)19)8-4-5-9-15/h11-12H,4-10H2,1-3H3,(H,16,17)(H,18,19). The summed E-state index contributed by atoms with van der Waals surface area (Å²) in [6.45, 7) is 6.31. The SMILES string of the molecule is CC(C)CCC(C)NC(=O)CC1(C(=O)O)CCCC1. The van der Waals surface area contributed by atoms with Crippen molar-refractivity contribution in [1.82, 2.24) is 5.32 Å². The number of rotatable bonds is 7. The fourth-order valence-corrected chi connectivity index (χ4v) is 2.81. The van der Waals surface area contributed by atoms with Crippen LogP contribution in [0, 0.1) is 11.3 Å².